The van der Waals surface area contributed by atoms with Crippen LogP contribution in [0.5, 0.6) is 5.75 Å². The number of hydrogen-bond donors (Lipinski definition) is 2. The summed E-state index contributed by atoms with van der Waals surface area (Å²) in [5.41, 5.74) is 11.6. The first kappa shape index (κ1) is 15.8. The molecule has 0 spiro atoms. The molecular formula is C14H21ClN2O2. The van der Waals surface area contributed by atoms with E-state index in [2.05, 4.69) is 0 Å². The van der Waals surface area contributed by atoms with Crippen LogP contribution in [0.1, 0.15) is 36.0 Å². The Labute approximate surface area is 119 Å². The van der Waals surface area contributed by atoms with E-state index in [1.54, 1.807) is 18.2 Å². The second-order valence-corrected chi connectivity index (χ2v) is 4.98. The van der Waals surface area contributed by atoms with Crippen molar-refractivity contribution in [2.45, 2.75) is 31.7 Å². The maximum Gasteiger partial charge on any atom is 0.248 e. The average Bonchev–Trinajstić information content (AvgIpc) is 2.38. The molecule has 0 saturated heterocycles. The minimum Gasteiger partial charge on any atom is -0.493 e. The van der Waals surface area contributed by atoms with Gasteiger partial charge < -0.3 is 16.2 Å². The van der Waals surface area contributed by atoms with Gasteiger partial charge in [0.05, 0.1) is 6.61 Å². The molecule has 0 bridgehead atoms. The molecule has 1 aliphatic carbocycles. The van der Waals surface area contributed by atoms with E-state index in [0.29, 0.717) is 29.9 Å². The van der Waals surface area contributed by atoms with Gasteiger partial charge in [0.25, 0.3) is 0 Å². The number of benzene rings is 1. The molecule has 0 atom stereocenters. The highest BCUT2D eigenvalue weighted by molar-refractivity contribution is 5.93. The van der Waals surface area contributed by atoms with Gasteiger partial charge in [-0.05, 0) is 49.8 Å². The lowest BCUT2D eigenvalue weighted by molar-refractivity contribution is 0.0999. The summed E-state index contributed by atoms with van der Waals surface area (Å²) in [5, 5.41) is 0. The SMILES string of the molecule is Cl.NC(=O)c1cccc(OC[C@H]2CC[C@H](N)CC2)c1. The van der Waals surface area contributed by atoms with Crippen LogP contribution in [0, 0.1) is 5.92 Å². The second kappa shape index (κ2) is 7.36. The zero-order chi connectivity index (χ0) is 13.0. The van der Waals surface area contributed by atoms with Gasteiger partial charge in [-0.3, -0.25) is 4.79 Å². The van der Waals surface area contributed by atoms with Gasteiger partial charge in [0.1, 0.15) is 5.75 Å². The molecular weight excluding hydrogens is 264 g/mol. The number of carbonyl (C=O) groups excluding carboxylic acids is 1. The van der Waals surface area contributed by atoms with Gasteiger partial charge in [0, 0.05) is 11.6 Å². The Morgan fingerprint density at radius 1 is 1.26 bits per heavy atom. The molecule has 1 aromatic carbocycles. The van der Waals surface area contributed by atoms with Crippen LogP contribution in [0.4, 0.5) is 0 Å². The molecule has 1 fully saturated rings. The Bertz CT molecular complexity index is 418. The summed E-state index contributed by atoms with van der Waals surface area (Å²) in [7, 11) is 0. The molecule has 0 aromatic heterocycles. The molecule has 4 N–H and O–H groups in total. The molecule has 0 aliphatic heterocycles. The summed E-state index contributed by atoms with van der Waals surface area (Å²) in [6.07, 6.45) is 4.40. The molecule has 1 saturated carbocycles. The lowest BCUT2D eigenvalue weighted by Crippen LogP contribution is -2.28. The van der Waals surface area contributed by atoms with Crippen LogP contribution in [0.25, 0.3) is 0 Å². The molecule has 19 heavy (non-hydrogen) atoms. The Balaban J connectivity index is 0.00000180. The zero-order valence-electron chi connectivity index (χ0n) is 10.9. The van der Waals surface area contributed by atoms with Crippen molar-refractivity contribution >= 4 is 18.3 Å². The summed E-state index contributed by atoms with van der Waals surface area (Å²) in [5.74, 6) is 0.854. The van der Waals surface area contributed by atoms with Crippen LogP contribution in [0.15, 0.2) is 24.3 Å². The highest BCUT2D eigenvalue weighted by atomic mass is 35.5. The van der Waals surface area contributed by atoms with E-state index >= 15 is 0 Å². The number of carbonyl (C=O) groups is 1. The third kappa shape index (κ3) is 4.73. The minimum absolute atomic E-state index is 0. The van der Waals surface area contributed by atoms with Crippen LogP contribution in [-0.4, -0.2) is 18.6 Å². The first-order valence-corrected chi connectivity index (χ1v) is 6.43. The van der Waals surface area contributed by atoms with Gasteiger partial charge >= 0.3 is 0 Å². The first-order chi connectivity index (χ1) is 8.65. The van der Waals surface area contributed by atoms with E-state index in [1.165, 1.54) is 0 Å². The Morgan fingerprint density at radius 2 is 1.95 bits per heavy atom. The predicted molar refractivity (Wildman–Crippen MR) is 77.6 cm³/mol. The van der Waals surface area contributed by atoms with Crippen LogP contribution in [0.3, 0.4) is 0 Å². The third-order valence-corrected chi connectivity index (χ3v) is 3.50. The molecule has 0 radical (unpaired) electrons. The second-order valence-electron chi connectivity index (χ2n) is 4.98. The Hall–Kier alpha value is -1.26. The fourth-order valence-corrected chi connectivity index (χ4v) is 2.31. The van der Waals surface area contributed by atoms with Crippen LogP contribution in [-0.2, 0) is 0 Å². The molecule has 1 amide bonds. The summed E-state index contributed by atoms with van der Waals surface area (Å²) in [4.78, 5) is 11.0. The molecule has 5 heteroatoms. The number of nitrogens with two attached hydrogens (primary N) is 2. The quantitative estimate of drug-likeness (QED) is 0.889. The number of ether oxygens (including phenoxy) is 1. The summed E-state index contributed by atoms with van der Waals surface area (Å²) in [6, 6.07) is 7.37. The van der Waals surface area contributed by atoms with Gasteiger partial charge in [-0.2, -0.15) is 0 Å². The van der Waals surface area contributed by atoms with Gasteiger partial charge in [-0.15, -0.1) is 12.4 Å². The van der Waals surface area contributed by atoms with E-state index in [-0.39, 0.29) is 12.4 Å². The standard InChI is InChI=1S/C14H20N2O2.ClH/c15-12-6-4-10(5-7-12)9-18-13-3-1-2-11(8-13)14(16)17;/h1-3,8,10,12H,4-7,9,15H2,(H2,16,17);1H/t10-,12-;. The predicted octanol–water partition coefficient (Wildman–Crippen LogP) is 2.10. The van der Waals surface area contributed by atoms with Gasteiger partial charge in [0.2, 0.25) is 5.91 Å². The van der Waals surface area contributed by atoms with Crippen LogP contribution in [0.2, 0.25) is 0 Å². The lowest BCUT2D eigenvalue weighted by atomic mass is 9.87. The summed E-state index contributed by atoms with van der Waals surface area (Å²) in [6.45, 7) is 0.689. The average molecular weight is 285 g/mol. The van der Waals surface area contributed by atoms with E-state index in [1.807, 2.05) is 6.07 Å². The smallest absolute Gasteiger partial charge is 0.248 e. The van der Waals surface area contributed by atoms with Crippen molar-refractivity contribution in [1.82, 2.24) is 0 Å². The minimum atomic E-state index is -0.427. The molecule has 106 valence electrons. The monoisotopic (exact) mass is 284 g/mol. The van der Waals surface area contributed by atoms with Crippen molar-refractivity contribution < 1.29 is 9.53 Å². The van der Waals surface area contributed by atoms with Crippen LogP contribution < -0.4 is 16.2 Å². The van der Waals surface area contributed by atoms with Crippen molar-refractivity contribution in [3.05, 3.63) is 29.8 Å². The number of hydrogen-bond acceptors (Lipinski definition) is 3. The van der Waals surface area contributed by atoms with E-state index in [4.69, 9.17) is 16.2 Å². The zero-order valence-corrected chi connectivity index (χ0v) is 11.7. The Kier molecular flexibility index (Phi) is 6.12. The maximum atomic E-state index is 11.0. The van der Waals surface area contributed by atoms with E-state index < -0.39 is 5.91 Å². The fraction of sp³-hybridized carbons (Fsp3) is 0.500. The van der Waals surface area contributed by atoms with Gasteiger partial charge in [-0.1, -0.05) is 6.07 Å². The first-order valence-electron chi connectivity index (χ1n) is 6.43. The number of amides is 1. The van der Waals surface area contributed by atoms with Crippen molar-refractivity contribution in [1.29, 1.82) is 0 Å². The van der Waals surface area contributed by atoms with Gasteiger partial charge in [0.15, 0.2) is 0 Å². The summed E-state index contributed by atoms with van der Waals surface area (Å²) >= 11 is 0. The number of rotatable bonds is 4. The molecule has 0 heterocycles. The van der Waals surface area contributed by atoms with Crippen molar-refractivity contribution in [3.63, 3.8) is 0 Å². The third-order valence-electron chi connectivity index (χ3n) is 3.50. The van der Waals surface area contributed by atoms with Crippen LogP contribution >= 0.6 is 12.4 Å². The number of halogens is 1. The largest absolute Gasteiger partial charge is 0.493 e. The lowest BCUT2D eigenvalue weighted by Gasteiger charge is -2.25. The van der Waals surface area contributed by atoms with Crippen molar-refractivity contribution in [3.8, 4) is 5.75 Å². The topological polar surface area (TPSA) is 78.3 Å². The number of primary amides is 1. The van der Waals surface area contributed by atoms with Crippen molar-refractivity contribution in [2.75, 3.05) is 6.61 Å². The molecule has 2 rings (SSSR count). The van der Waals surface area contributed by atoms with Crippen molar-refractivity contribution in [2.24, 2.45) is 17.4 Å². The van der Waals surface area contributed by atoms with Gasteiger partial charge in [-0.25, -0.2) is 0 Å². The normalized spacial score (nSPS) is 22.4. The Morgan fingerprint density at radius 3 is 2.58 bits per heavy atom. The van der Waals surface area contributed by atoms with E-state index in [9.17, 15) is 4.79 Å². The molecule has 1 aliphatic rings. The highest BCUT2D eigenvalue weighted by Gasteiger charge is 2.18. The van der Waals surface area contributed by atoms with E-state index in [0.717, 1.165) is 25.7 Å². The summed E-state index contributed by atoms with van der Waals surface area (Å²) < 4.78 is 5.72. The fourth-order valence-electron chi connectivity index (χ4n) is 2.31. The molecule has 4 nitrogen and oxygen atoms in total. The maximum absolute atomic E-state index is 11.0. The highest BCUT2D eigenvalue weighted by Crippen LogP contribution is 2.24. The molecule has 1 aromatic rings. The molecule has 0 unspecified atom stereocenters.